The zero-order chi connectivity index (χ0) is 13.1. The summed E-state index contributed by atoms with van der Waals surface area (Å²) in [5.74, 6) is 0.498. The zero-order valence-corrected chi connectivity index (χ0v) is 11.1. The Bertz CT molecular complexity index is 409. The van der Waals surface area contributed by atoms with Crippen molar-refractivity contribution >= 4 is 5.91 Å². The van der Waals surface area contributed by atoms with E-state index in [0.29, 0.717) is 5.92 Å². The van der Waals surface area contributed by atoms with Gasteiger partial charge < -0.3 is 11.1 Å². The largest absolute Gasteiger partial charge is 0.352 e. The molecule has 3 N–H and O–H groups in total. The summed E-state index contributed by atoms with van der Waals surface area (Å²) in [6, 6.07) is -0.412. The first-order chi connectivity index (χ1) is 8.58. The third-order valence-electron chi connectivity index (χ3n) is 3.84. The third kappa shape index (κ3) is 2.90. The summed E-state index contributed by atoms with van der Waals surface area (Å²) in [6.45, 7) is 2.07. The molecule has 0 saturated heterocycles. The van der Waals surface area contributed by atoms with E-state index in [1.165, 1.54) is 25.7 Å². The van der Waals surface area contributed by atoms with Crippen molar-refractivity contribution in [2.45, 2.75) is 44.7 Å². The Balaban J connectivity index is 1.90. The second-order valence-corrected chi connectivity index (χ2v) is 5.27. The number of hydrogen-bond acceptors (Lipinski definition) is 3. The first kappa shape index (κ1) is 13.1. The number of rotatable bonds is 4. The van der Waals surface area contributed by atoms with Gasteiger partial charge in [0.1, 0.15) is 6.04 Å². The fourth-order valence-electron chi connectivity index (χ4n) is 2.64. The minimum absolute atomic E-state index is 0.109. The van der Waals surface area contributed by atoms with Crippen molar-refractivity contribution in [1.29, 1.82) is 0 Å². The Kier molecular flexibility index (Phi) is 4.01. The maximum Gasteiger partial charge on any atom is 0.241 e. The molecule has 1 heterocycles. The maximum absolute atomic E-state index is 12.0. The van der Waals surface area contributed by atoms with Gasteiger partial charge in [-0.05, 0) is 25.7 Å². The molecule has 1 aromatic heterocycles. The van der Waals surface area contributed by atoms with Crippen LogP contribution >= 0.6 is 0 Å². The van der Waals surface area contributed by atoms with Crippen LogP contribution in [0.1, 0.15) is 44.2 Å². The Hall–Kier alpha value is -1.36. The Morgan fingerprint density at radius 1 is 1.56 bits per heavy atom. The van der Waals surface area contributed by atoms with Crippen LogP contribution in [-0.4, -0.2) is 21.7 Å². The Morgan fingerprint density at radius 2 is 2.22 bits per heavy atom. The first-order valence-corrected chi connectivity index (χ1v) is 6.62. The normalized spacial score (nSPS) is 19.7. The van der Waals surface area contributed by atoms with Crippen molar-refractivity contribution in [2.75, 3.05) is 0 Å². The molecule has 1 aromatic rings. The molecule has 0 aromatic carbocycles. The fraction of sp³-hybridized carbons (Fsp3) is 0.692. The number of nitrogens with two attached hydrogens (primary N) is 1. The predicted octanol–water partition coefficient (Wildman–Crippen LogP) is 1.11. The molecule has 1 saturated carbocycles. The topological polar surface area (TPSA) is 72.9 Å². The molecule has 18 heavy (non-hydrogen) atoms. The number of amides is 1. The zero-order valence-electron chi connectivity index (χ0n) is 11.1. The Labute approximate surface area is 108 Å². The quantitative estimate of drug-likeness (QED) is 0.841. The molecule has 1 aliphatic carbocycles. The van der Waals surface area contributed by atoms with Crippen molar-refractivity contribution in [1.82, 2.24) is 15.1 Å². The monoisotopic (exact) mass is 250 g/mol. The van der Waals surface area contributed by atoms with Crippen LogP contribution in [0.25, 0.3) is 0 Å². The van der Waals surface area contributed by atoms with Gasteiger partial charge in [-0.15, -0.1) is 0 Å². The van der Waals surface area contributed by atoms with Crippen LogP contribution < -0.4 is 11.1 Å². The van der Waals surface area contributed by atoms with Gasteiger partial charge in [0.2, 0.25) is 5.91 Å². The number of carbonyl (C=O) groups is 1. The van der Waals surface area contributed by atoms with Gasteiger partial charge in [0, 0.05) is 24.8 Å². The molecule has 0 bridgehead atoms. The molecule has 1 fully saturated rings. The van der Waals surface area contributed by atoms with E-state index in [9.17, 15) is 4.79 Å². The minimum atomic E-state index is -0.623. The fourth-order valence-corrected chi connectivity index (χ4v) is 2.64. The number of carbonyl (C=O) groups excluding carboxylic acids is 1. The highest BCUT2D eigenvalue weighted by Crippen LogP contribution is 2.27. The number of hydrogen-bond donors (Lipinski definition) is 2. The highest BCUT2D eigenvalue weighted by atomic mass is 16.2. The van der Waals surface area contributed by atoms with E-state index in [2.05, 4.69) is 17.3 Å². The summed E-state index contributed by atoms with van der Waals surface area (Å²) in [4.78, 5) is 12.0. The molecular weight excluding hydrogens is 228 g/mol. The van der Waals surface area contributed by atoms with E-state index >= 15 is 0 Å². The lowest BCUT2D eigenvalue weighted by atomic mass is 9.99. The lowest BCUT2D eigenvalue weighted by molar-refractivity contribution is -0.123. The van der Waals surface area contributed by atoms with Crippen molar-refractivity contribution < 1.29 is 4.79 Å². The lowest BCUT2D eigenvalue weighted by Gasteiger charge is -2.22. The predicted molar refractivity (Wildman–Crippen MR) is 69.7 cm³/mol. The first-order valence-electron chi connectivity index (χ1n) is 6.62. The molecule has 0 spiro atoms. The molecule has 2 atom stereocenters. The molecule has 5 nitrogen and oxygen atoms in total. The molecule has 0 aliphatic heterocycles. The third-order valence-corrected chi connectivity index (χ3v) is 3.84. The van der Waals surface area contributed by atoms with Crippen LogP contribution in [0.5, 0.6) is 0 Å². The molecule has 1 aliphatic rings. The number of nitrogens with zero attached hydrogens (tertiary/aromatic N) is 2. The molecule has 1 amide bonds. The SMILES string of the molecule is C[C@@H](NC(=O)C(N)c1cnn(C)c1)C1CCCC1. The van der Waals surface area contributed by atoms with Gasteiger partial charge >= 0.3 is 0 Å². The molecule has 100 valence electrons. The molecule has 0 radical (unpaired) electrons. The smallest absolute Gasteiger partial charge is 0.241 e. The average molecular weight is 250 g/mol. The second kappa shape index (κ2) is 5.52. The average Bonchev–Trinajstić information content (AvgIpc) is 2.98. The summed E-state index contributed by atoms with van der Waals surface area (Å²) >= 11 is 0. The van der Waals surface area contributed by atoms with E-state index < -0.39 is 6.04 Å². The molecule has 1 unspecified atom stereocenters. The van der Waals surface area contributed by atoms with E-state index in [4.69, 9.17) is 5.73 Å². The summed E-state index contributed by atoms with van der Waals surface area (Å²) in [7, 11) is 1.81. The summed E-state index contributed by atoms with van der Waals surface area (Å²) in [6.07, 6.45) is 8.40. The summed E-state index contributed by atoms with van der Waals surface area (Å²) in [5.41, 5.74) is 6.69. The van der Waals surface area contributed by atoms with Crippen LogP contribution in [0.15, 0.2) is 12.4 Å². The standard InChI is InChI=1S/C13H22N4O/c1-9(10-5-3-4-6-10)16-13(18)12(14)11-7-15-17(2)8-11/h7-10,12H,3-6,14H2,1-2H3,(H,16,18)/t9-,12?/m1/s1. The van der Waals surface area contributed by atoms with Gasteiger partial charge in [0.15, 0.2) is 0 Å². The lowest BCUT2D eigenvalue weighted by Crippen LogP contribution is -2.42. The van der Waals surface area contributed by atoms with Crippen LogP contribution in [-0.2, 0) is 11.8 Å². The minimum Gasteiger partial charge on any atom is -0.352 e. The van der Waals surface area contributed by atoms with E-state index in [-0.39, 0.29) is 11.9 Å². The van der Waals surface area contributed by atoms with Crippen molar-refractivity contribution in [2.24, 2.45) is 18.7 Å². The van der Waals surface area contributed by atoms with Crippen molar-refractivity contribution in [3.8, 4) is 0 Å². The summed E-state index contributed by atoms with van der Waals surface area (Å²) in [5, 5.41) is 7.06. The van der Waals surface area contributed by atoms with Gasteiger partial charge in [0.25, 0.3) is 0 Å². The Morgan fingerprint density at radius 3 is 2.78 bits per heavy atom. The van der Waals surface area contributed by atoms with E-state index in [1.54, 1.807) is 17.1 Å². The molecular formula is C13H22N4O. The van der Waals surface area contributed by atoms with Crippen molar-refractivity contribution in [3.05, 3.63) is 18.0 Å². The van der Waals surface area contributed by atoms with Crippen molar-refractivity contribution in [3.63, 3.8) is 0 Å². The maximum atomic E-state index is 12.0. The second-order valence-electron chi connectivity index (χ2n) is 5.27. The van der Waals surface area contributed by atoms with Gasteiger partial charge in [-0.25, -0.2) is 0 Å². The van der Waals surface area contributed by atoms with Crippen LogP contribution in [0.2, 0.25) is 0 Å². The van der Waals surface area contributed by atoms with Crippen LogP contribution in [0, 0.1) is 5.92 Å². The highest BCUT2D eigenvalue weighted by molar-refractivity contribution is 5.83. The number of aryl methyl sites for hydroxylation is 1. The van der Waals surface area contributed by atoms with Gasteiger partial charge in [-0.1, -0.05) is 12.8 Å². The van der Waals surface area contributed by atoms with Gasteiger partial charge in [-0.2, -0.15) is 5.10 Å². The highest BCUT2D eigenvalue weighted by Gasteiger charge is 2.25. The molecule has 2 rings (SSSR count). The van der Waals surface area contributed by atoms with E-state index in [1.807, 2.05) is 7.05 Å². The van der Waals surface area contributed by atoms with E-state index in [0.717, 1.165) is 5.56 Å². The van der Waals surface area contributed by atoms with Gasteiger partial charge in [0.05, 0.1) is 6.20 Å². The van der Waals surface area contributed by atoms with Crippen LogP contribution in [0.3, 0.4) is 0 Å². The number of nitrogens with one attached hydrogen (secondary N) is 1. The van der Waals surface area contributed by atoms with Crippen LogP contribution in [0.4, 0.5) is 0 Å². The summed E-state index contributed by atoms with van der Waals surface area (Å²) < 4.78 is 1.66. The molecule has 5 heteroatoms. The number of aromatic nitrogens is 2. The van der Waals surface area contributed by atoms with Gasteiger partial charge in [-0.3, -0.25) is 9.48 Å².